The van der Waals surface area contributed by atoms with E-state index in [4.69, 9.17) is 5.11 Å². The molecule has 1 aromatic carbocycles. The molecule has 0 saturated carbocycles. The van der Waals surface area contributed by atoms with Crippen molar-refractivity contribution in [3.8, 4) is 0 Å². The third-order valence-electron chi connectivity index (χ3n) is 3.05. The zero-order valence-corrected chi connectivity index (χ0v) is 13.3. The molecule has 0 fully saturated rings. The smallest absolute Gasteiger partial charge is 0.255 e. The summed E-state index contributed by atoms with van der Waals surface area (Å²) in [5, 5.41) is 12.3. The van der Waals surface area contributed by atoms with Crippen LogP contribution in [-0.2, 0) is 0 Å². The predicted molar refractivity (Wildman–Crippen MR) is 81.5 cm³/mol. The molecule has 1 unspecified atom stereocenters. The molecule has 1 aromatic rings. The van der Waals surface area contributed by atoms with Gasteiger partial charge in [-0.3, -0.25) is 0 Å². The van der Waals surface area contributed by atoms with Crippen molar-refractivity contribution >= 4 is 21.6 Å². The second-order valence-corrected chi connectivity index (χ2v) is 5.40. The fraction of sp³-hybridized carbons (Fsp3) is 0.571. The van der Waals surface area contributed by atoms with Crippen molar-refractivity contribution in [3.05, 3.63) is 28.2 Å². The third-order valence-corrected chi connectivity index (χ3v) is 3.74. The minimum atomic E-state index is -2.43. The Kier molecular flexibility index (Phi) is 7.40. The van der Waals surface area contributed by atoms with Crippen LogP contribution in [0.4, 0.5) is 14.5 Å². The topological polar surface area (TPSA) is 35.5 Å². The van der Waals surface area contributed by atoms with Gasteiger partial charge in [0.25, 0.3) is 6.43 Å². The van der Waals surface area contributed by atoms with Crippen molar-refractivity contribution in [2.45, 2.75) is 26.3 Å². The van der Waals surface area contributed by atoms with Gasteiger partial charge in [-0.2, -0.15) is 0 Å². The van der Waals surface area contributed by atoms with Gasteiger partial charge in [0.2, 0.25) is 0 Å². The van der Waals surface area contributed by atoms with E-state index in [0.29, 0.717) is 5.69 Å². The lowest BCUT2D eigenvalue weighted by atomic mass is 10.1. The molecular weight excluding hydrogens is 330 g/mol. The van der Waals surface area contributed by atoms with E-state index in [9.17, 15) is 8.78 Å². The summed E-state index contributed by atoms with van der Waals surface area (Å²) in [6.07, 6.45) is -2.43. The number of nitrogens with zero attached hydrogens (tertiary/aromatic N) is 1. The van der Waals surface area contributed by atoms with Crippen LogP contribution in [0.2, 0.25) is 0 Å². The van der Waals surface area contributed by atoms with Crippen LogP contribution >= 0.6 is 15.9 Å². The minimum absolute atomic E-state index is 0.153. The first-order valence-electron chi connectivity index (χ1n) is 6.66. The predicted octanol–water partition coefficient (Wildman–Crippen LogP) is 3.18. The number of aliphatic hydroxyl groups is 1. The Labute approximate surface area is 127 Å². The van der Waals surface area contributed by atoms with E-state index >= 15 is 0 Å². The molecule has 0 aromatic heterocycles. The normalized spacial score (nSPS) is 12.8. The SMILES string of the molecule is CCNC(C)c1ccc(N(CCO)CC(F)F)cc1Br. The highest BCUT2D eigenvalue weighted by molar-refractivity contribution is 9.10. The molecular formula is C14H21BrF2N2O. The van der Waals surface area contributed by atoms with Crippen LogP contribution in [0.5, 0.6) is 0 Å². The second-order valence-electron chi connectivity index (χ2n) is 4.55. The molecule has 0 heterocycles. The summed E-state index contributed by atoms with van der Waals surface area (Å²) in [5.74, 6) is 0. The molecule has 0 bridgehead atoms. The molecule has 0 spiro atoms. The van der Waals surface area contributed by atoms with Crippen LogP contribution in [0.3, 0.4) is 0 Å². The number of benzene rings is 1. The van der Waals surface area contributed by atoms with Gasteiger partial charge in [-0.15, -0.1) is 0 Å². The van der Waals surface area contributed by atoms with Crippen LogP contribution in [0, 0.1) is 0 Å². The van der Waals surface area contributed by atoms with E-state index in [1.807, 2.05) is 32.0 Å². The van der Waals surface area contributed by atoms with E-state index in [0.717, 1.165) is 16.6 Å². The summed E-state index contributed by atoms with van der Waals surface area (Å²) in [6, 6.07) is 5.74. The maximum absolute atomic E-state index is 12.6. The Morgan fingerprint density at radius 2 is 2.10 bits per heavy atom. The molecule has 2 N–H and O–H groups in total. The number of anilines is 1. The molecule has 3 nitrogen and oxygen atoms in total. The Balaban J connectivity index is 2.93. The highest BCUT2D eigenvalue weighted by atomic mass is 79.9. The molecule has 0 aliphatic heterocycles. The van der Waals surface area contributed by atoms with Crippen molar-refractivity contribution in [2.24, 2.45) is 0 Å². The van der Waals surface area contributed by atoms with Gasteiger partial charge in [-0.05, 0) is 31.2 Å². The van der Waals surface area contributed by atoms with Gasteiger partial charge in [0.15, 0.2) is 0 Å². The largest absolute Gasteiger partial charge is 0.395 e. The average molecular weight is 351 g/mol. The molecule has 114 valence electrons. The fourth-order valence-electron chi connectivity index (χ4n) is 2.09. The van der Waals surface area contributed by atoms with E-state index in [1.54, 1.807) is 0 Å². The average Bonchev–Trinajstić information content (AvgIpc) is 2.37. The van der Waals surface area contributed by atoms with Crippen molar-refractivity contribution < 1.29 is 13.9 Å². The number of hydrogen-bond donors (Lipinski definition) is 2. The van der Waals surface area contributed by atoms with E-state index in [-0.39, 0.29) is 25.7 Å². The quantitative estimate of drug-likeness (QED) is 0.755. The first-order chi connectivity index (χ1) is 9.49. The van der Waals surface area contributed by atoms with Crippen molar-refractivity contribution in [1.29, 1.82) is 0 Å². The zero-order valence-electron chi connectivity index (χ0n) is 11.7. The Morgan fingerprint density at radius 3 is 2.60 bits per heavy atom. The number of nitrogens with one attached hydrogen (secondary N) is 1. The van der Waals surface area contributed by atoms with Gasteiger partial charge in [-0.1, -0.05) is 28.9 Å². The van der Waals surface area contributed by atoms with Crippen LogP contribution in [0.15, 0.2) is 22.7 Å². The molecule has 0 amide bonds. The standard InChI is InChI=1S/C14H21BrF2N2O/c1-3-18-10(2)12-5-4-11(8-13(12)15)19(6-7-20)9-14(16)17/h4-5,8,10,14,18,20H,3,6-7,9H2,1-2H3. The summed E-state index contributed by atoms with van der Waals surface area (Å²) < 4.78 is 26.0. The zero-order chi connectivity index (χ0) is 15.1. The number of halogens is 3. The Bertz CT molecular complexity index is 418. The van der Waals surface area contributed by atoms with Crippen molar-refractivity contribution in [1.82, 2.24) is 5.32 Å². The summed E-state index contributed by atoms with van der Waals surface area (Å²) in [7, 11) is 0. The number of rotatable bonds is 8. The van der Waals surface area contributed by atoms with Gasteiger partial charge in [0.05, 0.1) is 13.2 Å². The molecule has 20 heavy (non-hydrogen) atoms. The summed E-state index contributed by atoms with van der Waals surface area (Å²) in [5.41, 5.74) is 1.76. The van der Waals surface area contributed by atoms with Gasteiger partial charge in [0, 0.05) is 22.7 Å². The Morgan fingerprint density at radius 1 is 1.40 bits per heavy atom. The van der Waals surface area contributed by atoms with Gasteiger partial charge in [-0.25, -0.2) is 8.78 Å². The Hall–Kier alpha value is -0.720. The summed E-state index contributed by atoms with van der Waals surface area (Å²) >= 11 is 3.49. The lowest BCUT2D eigenvalue weighted by Crippen LogP contribution is -2.31. The van der Waals surface area contributed by atoms with Crippen LogP contribution in [0.1, 0.15) is 25.5 Å². The lowest BCUT2D eigenvalue weighted by Gasteiger charge is -2.25. The van der Waals surface area contributed by atoms with E-state index < -0.39 is 6.43 Å². The first-order valence-corrected chi connectivity index (χ1v) is 7.45. The van der Waals surface area contributed by atoms with E-state index in [1.165, 1.54) is 4.90 Å². The lowest BCUT2D eigenvalue weighted by molar-refractivity contribution is 0.153. The maximum Gasteiger partial charge on any atom is 0.255 e. The van der Waals surface area contributed by atoms with Gasteiger partial charge >= 0.3 is 0 Å². The van der Waals surface area contributed by atoms with Crippen LogP contribution in [0.25, 0.3) is 0 Å². The van der Waals surface area contributed by atoms with Crippen LogP contribution in [-0.4, -0.2) is 37.8 Å². The maximum atomic E-state index is 12.6. The van der Waals surface area contributed by atoms with Gasteiger partial charge < -0.3 is 15.3 Å². The molecule has 6 heteroatoms. The highest BCUT2D eigenvalue weighted by Gasteiger charge is 2.15. The summed E-state index contributed by atoms with van der Waals surface area (Å²) in [4.78, 5) is 1.48. The monoisotopic (exact) mass is 350 g/mol. The molecule has 0 aliphatic rings. The summed E-state index contributed by atoms with van der Waals surface area (Å²) in [6.45, 7) is 4.60. The van der Waals surface area contributed by atoms with E-state index in [2.05, 4.69) is 21.2 Å². The minimum Gasteiger partial charge on any atom is -0.395 e. The third kappa shape index (κ3) is 5.00. The molecule has 0 aliphatic carbocycles. The van der Waals surface area contributed by atoms with Gasteiger partial charge in [0.1, 0.15) is 0 Å². The second kappa shape index (κ2) is 8.54. The number of aliphatic hydroxyl groups excluding tert-OH is 1. The number of hydrogen-bond acceptors (Lipinski definition) is 3. The van der Waals surface area contributed by atoms with Crippen LogP contribution < -0.4 is 10.2 Å². The highest BCUT2D eigenvalue weighted by Crippen LogP contribution is 2.28. The molecule has 0 radical (unpaired) electrons. The first kappa shape index (κ1) is 17.3. The number of alkyl halides is 2. The molecule has 1 atom stereocenters. The molecule has 0 saturated heterocycles. The van der Waals surface area contributed by atoms with Crippen molar-refractivity contribution in [2.75, 3.05) is 31.1 Å². The van der Waals surface area contributed by atoms with Crippen molar-refractivity contribution in [3.63, 3.8) is 0 Å². The molecule has 1 rings (SSSR count). The fourth-order valence-corrected chi connectivity index (χ4v) is 2.80.